The number of non-ortho nitro benzene ring substituents is 1. The zero-order valence-corrected chi connectivity index (χ0v) is 13.1. The van der Waals surface area contributed by atoms with Gasteiger partial charge in [0.05, 0.1) is 17.7 Å². The number of methoxy groups -OCH3 is 1. The lowest BCUT2D eigenvalue weighted by atomic mass is 10.2. The molecule has 1 unspecified atom stereocenters. The predicted octanol–water partition coefficient (Wildman–Crippen LogP) is 2.06. The van der Waals surface area contributed by atoms with Crippen LogP contribution in [0, 0.1) is 17.0 Å². The van der Waals surface area contributed by atoms with Crippen molar-refractivity contribution in [2.45, 2.75) is 32.7 Å². The summed E-state index contributed by atoms with van der Waals surface area (Å²) in [6, 6.07) is 6.43. The molecule has 1 aromatic carbocycles. The normalized spacial score (nSPS) is 20.7. The molecule has 118 valence electrons. The second kappa shape index (κ2) is 7.46. The van der Waals surface area contributed by atoms with E-state index >= 15 is 0 Å². The van der Waals surface area contributed by atoms with Crippen LogP contribution < -0.4 is 5.32 Å². The number of nitro groups is 1. The van der Waals surface area contributed by atoms with E-state index < -0.39 is 4.92 Å². The highest BCUT2D eigenvalue weighted by atomic mass is 16.7. The first-order valence-electron chi connectivity index (χ1n) is 6.64. The van der Waals surface area contributed by atoms with Crippen molar-refractivity contribution in [2.24, 2.45) is 0 Å². The van der Waals surface area contributed by atoms with Gasteiger partial charge >= 0.3 is 0 Å². The molecule has 7 heteroatoms. The first kappa shape index (κ1) is 17.5. The summed E-state index contributed by atoms with van der Waals surface area (Å²) in [4.78, 5) is 14.9. The van der Waals surface area contributed by atoms with E-state index in [2.05, 4.69) is 19.2 Å². The minimum absolute atomic E-state index is 0.0231. The molecule has 0 aliphatic carbocycles. The van der Waals surface area contributed by atoms with Crippen molar-refractivity contribution in [1.82, 2.24) is 10.4 Å². The fraction of sp³-hybridized carbons (Fsp3) is 0.571. The van der Waals surface area contributed by atoms with Crippen molar-refractivity contribution >= 4 is 5.69 Å². The van der Waals surface area contributed by atoms with Crippen molar-refractivity contribution in [3.05, 3.63) is 39.9 Å². The maximum Gasteiger partial charge on any atom is 0.269 e. The third kappa shape index (κ3) is 4.75. The number of nitrogens with zero attached hydrogens (tertiary/aromatic N) is 2. The maximum atomic E-state index is 10.1. The van der Waals surface area contributed by atoms with Crippen molar-refractivity contribution < 1.29 is 14.5 Å². The number of benzene rings is 1. The molecule has 0 bridgehead atoms. The fourth-order valence-corrected chi connectivity index (χ4v) is 2.05. The molecule has 1 saturated heterocycles. The molecule has 0 radical (unpaired) electrons. The van der Waals surface area contributed by atoms with E-state index in [4.69, 9.17) is 9.57 Å². The lowest BCUT2D eigenvalue weighted by Gasteiger charge is -2.31. The predicted molar refractivity (Wildman–Crippen MR) is 79.6 cm³/mol. The molecular formula is C14H23N3O4. The Labute approximate surface area is 124 Å². The summed E-state index contributed by atoms with van der Waals surface area (Å²) in [6.45, 7) is 6.80. The van der Waals surface area contributed by atoms with Gasteiger partial charge in [-0.3, -0.25) is 20.3 Å². The molecule has 0 saturated carbocycles. The lowest BCUT2D eigenvalue weighted by Crippen LogP contribution is -2.47. The highest BCUT2D eigenvalue weighted by Gasteiger charge is 2.39. The zero-order valence-electron chi connectivity index (χ0n) is 13.1. The van der Waals surface area contributed by atoms with E-state index in [1.807, 2.05) is 12.0 Å². The van der Waals surface area contributed by atoms with Crippen LogP contribution in [0.25, 0.3) is 0 Å². The molecule has 21 heavy (non-hydrogen) atoms. The summed E-state index contributed by atoms with van der Waals surface area (Å²) in [5, 5.41) is 15.2. The number of hydrogen-bond acceptors (Lipinski definition) is 6. The fourth-order valence-electron chi connectivity index (χ4n) is 2.05. The molecule has 0 aromatic heterocycles. The van der Waals surface area contributed by atoms with Crippen LogP contribution in [0.3, 0.4) is 0 Å². The third-order valence-corrected chi connectivity index (χ3v) is 3.24. The molecule has 7 nitrogen and oxygen atoms in total. The Kier molecular flexibility index (Phi) is 6.22. The quantitative estimate of drug-likeness (QED) is 0.680. The minimum atomic E-state index is -0.403. The highest BCUT2D eigenvalue weighted by Crippen LogP contribution is 2.20. The van der Waals surface area contributed by atoms with Crippen molar-refractivity contribution in [2.75, 3.05) is 20.8 Å². The molecule has 0 spiro atoms. The monoisotopic (exact) mass is 297 g/mol. The number of rotatable bonds is 3. The van der Waals surface area contributed by atoms with Crippen LogP contribution in [0.1, 0.15) is 19.4 Å². The summed E-state index contributed by atoms with van der Waals surface area (Å²) in [5.74, 6) is 0. The third-order valence-electron chi connectivity index (χ3n) is 3.24. The van der Waals surface area contributed by atoms with Gasteiger partial charge in [-0.05, 0) is 20.8 Å². The van der Waals surface area contributed by atoms with Gasteiger partial charge in [0.15, 0.2) is 0 Å². The van der Waals surface area contributed by atoms with Gasteiger partial charge in [0.1, 0.15) is 6.23 Å². The van der Waals surface area contributed by atoms with Gasteiger partial charge < -0.3 is 4.74 Å². The number of aryl methyl sites for hydroxylation is 1. The summed E-state index contributed by atoms with van der Waals surface area (Å²) in [5.41, 5.74) is 1.05. The second-order valence-electron chi connectivity index (χ2n) is 5.23. The molecular weight excluding hydrogens is 274 g/mol. The van der Waals surface area contributed by atoms with Gasteiger partial charge in [0, 0.05) is 25.8 Å². The van der Waals surface area contributed by atoms with E-state index in [-0.39, 0.29) is 17.6 Å². The number of nitrogens with one attached hydrogen (secondary N) is 1. The first-order chi connectivity index (χ1) is 9.81. The molecule has 1 aromatic rings. The van der Waals surface area contributed by atoms with E-state index in [1.54, 1.807) is 26.4 Å². The molecule has 1 atom stereocenters. The van der Waals surface area contributed by atoms with Crippen molar-refractivity contribution in [3.63, 3.8) is 0 Å². The largest absolute Gasteiger partial charge is 0.363 e. The average Bonchev–Trinajstić information content (AvgIpc) is 2.74. The minimum Gasteiger partial charge on any atom is -0.363 e. The van der Waals surface area contributed by atoms with Crippen molar-refractivity contribution in [3.8, 4) is 0 Å². The Bertz CT molecular complexity index is 462. The SMILES string of the molecule is COC1CNC(C)(C)N1OC.Cc1ccc([N+](=O)[O-])cc1. The standard InChI is InChI=1S/C7H16N2O2.C7H7NO2/c1-7(2)8-5-6(10-3)9(7)11-4;1-6-2-4-7(5-3-6)8(9)10/h6,8H,5H2,1-4H3;2-5H,1H3. The van der Waals surface area contributed by atoms with E-state index in [0.717, 1.165) is 12.1 Å². The van der Waals surface area contributed by atoms with Crippen LogP contribution in [0.5, 0.6) is 0 Å². The number of hydrogen-bond donors (Lipinski definition) is 1. The molecule has 0 amide bonds. The molecule has 1 N–H and O–H groups in total. The van der Waals surface area contributed by atoms with Crippen LogP contribution in [0.15, 0.2) is 24.3 Å². The Morgan fingerprint density at radius 1 is 1.33 bits per heavy atom. The Balaban J connectivity index is 0.000000211. The van der Waals surface area contributed by atoms with Gasteiger partial charge in [-0.2, -0.15) is 0 Å². The van der Waals surface area contributed by atoms with Gasteiger partial charge in [-0.15, -0.1) is 5.06 Å². The zero-order chi connectivity index (χ0) is 16.0. The number of hydroxylamine groups is 2. The Morgan fingerprint density at radius 3 is 2.29 bits per heavy atom. The first-order valence-corrected chi connectivity index (χ1v) is 6.64. The molecule has 1 aliphatic heterocycles. The highest BCUT2D eigenvalue weighted by molar-refractivity contribution is 5.31. The smallest absolute Gasteiger partial charge is 0.269 e. The van der Waals surface area contributed by atoms with Crippen LogP contribution in [0.4, 0.5) is 5.69 Å². The summed E-state index contributed by atoms with van der Waals surface area (Å²) < 4.78 is 5.19. The van der Waals surface area contributed by atoms with Gasteiger partial charge in [0.25, 0.3) is 5.69 Å². The van der Waals surface area contributed by atoms with Crippen molar-refractivity contribution in [1.29, 1.82) is 0 Å². The van der Waals surface area contributed by atoms with Crippen LogP contribution in [-0.4, -0.2) is 42.6 Å². The summed E-state index contributed by atoms with van der Waals surface area (Å²) >= 11 is 0. The molecule has 1 fully saturated rings. The van der Waals surface area contributed by atoms with Crippen LogP contribution in [-0.2, 0) is 9.57 Å². The van der Waals surface area contributed by atoms with Gasteiger partial charge in [0.2, 0.25) is 0 Å². The second-order valence-corrected chi connectivity index (χ2v) is 5.23. The van der Waals surface area contributed by atoms with Gasteiger partial charge in [-0.25, -0.2) is 0 Å². The van der Waals surface area contributed by atoms with E-state index in [0.29, 0.717) is 0 Å². The van der Waals surface area contributed by atoms with E-state index in [1.165, 1.54) is 12.1 Å². The van der Waals surface area contributed by atoms with Crippen LogP contribution >= 0.6 is 0 Å². The summed E-state index contributed by atoms with van der Waals surface area (Å²) in [7, 11) is 3.33. The molecule has 2 rings (SSSR count). The molecule has 1 heterocycles. The average molecular weight is 297 g/mol. The Morgan fingerprint density at radius 2 is 1.90 bits per heavy atom. The van der Waals surface area contributed by atoms with E-state index in [9.17, 15) is 10.1 Å². The molecule has 1 aliphatic rings. The number of ether oxygens (including phenoxy) is 1. The van der Waals surface area contributed by atoms with Gasteiger partial charge in [-0.1, -0.05) is 17.7 Å². The number of nitro benzene ring substituents is 1. The lowest BCUT2D eigenvalue weighted by molar-refractivity contribution is -0.384. The van der Waals surface area contributed by atoms with Crippen LogP contribution in [0.2, 0.25) is 0 Å². The Hall–Kier alpha value is -1.54. The topological polar surface area (TPSA) is 76.9 Å². The summed E-state index contributed by atoms with van der Waals surface area (Å²) in [6.07, 6.45) is 0.0231. The maximum absolute atomic E-state index is 10.1.